The standard InChI is InChI=1S/C17H28/c1-11-8-15-10-17(7-5-6-13(17)3)14(4)16(15)9-12(11)2/h9,11,13-16H,5-8,10H2,1-4H3. The second kappa shape index (κ2) is 3.87. The van der Waals surface area contributed by atoms with Crippen LogP contribution in [-0.4, -0.2) is 0 Å². The van der Waals surface area contributed by atoms with Gasteiger partial charge >= 0.3 is 0 Å². The number of rotatable bonds is 0. The molecule has 0 nitrogen and oxygen atoms in total. The van der Waals surface area contributed by atoms with Gasteiger partial charge < -0.3 is 0 Å². The summed E-state index contributed by atoms with van der Waals surface area (Å²) in [6, 6.07) is 0. The Kier molecular flexibility index (Phi) is 2.69. The molecule has 0 amide bonds. The number of hydrogen-bond acceptors (Lipinski definition) is 0. The molecule has 0 aromatic heterocycles. The smallest absolute Gasteiger partial charge is 0.0171 e. The molecule has 0 N–H and O–H groups in total. The van der Waals surface area contributed by atoms with Gasteiger partial charge in [-0.15, -0.1) is 0 Å². The van der Waals surface area contributed by atoms with Crippen molar-refractivity contribution in [2.75, 3.05) is 0 Å². The predicted molar refractivity (Wildman–Crippen MR) is 73.7 cm³/mol. The molecule has 0 aromatic rings. The predicted octanol–water partition coefficient (Wildman–Crippen LogP) is 5.05. The normalized spacial score (nSPS) is 53.9. The van der Waals surface area contributed by atoms with Crippen molar-refractivity contribution in [3.05, 3.63) is 11.6 Å². The van der Waals surface area contributed by atoms with Crippen molar-refractivity contribution in [2.45, 2.75) is 59.8 Å². The molecule has 0 saturated heterocycles. The van der Waals surface area contributed by atoms with Crippen molar-refractivity contribution < 1.29 is 0 Å². The van der Waals surface area contributed by atoms with Crippen molar-refractivity contribution in [3.63, 3.8) is 0 Å². The van der Waals surface area contributed by atoms with Crippen LogP contribution in [0, 0.1) is 35.0 Å². The highest BCUT2D eigenvalue weighted by molar-refractivity contribution is 5.17. The summed E-state index contributed by atoms with van der Waals surface area (Å²) in [5.41, 5.74) is 2.39. The molecule has 3 rings (SSSR count). The van der Waals surface area contributed by atoms with Crippen LogP contribution in [0.15, 0.2) is 11.6 Å². The first-order valence-corrected chi connectivity index (χ1v) is 7.73. The van der Waals surface area contributed by atoms with Gasteiger partial charge in [0.1, 0.15) is 0 Å². The van der Waals surface area contributed by atoms with Gasteiger partial charge in [0.15, 0.2) is 0 Å². The minimum absolute atomic E-state index is 0.718. The molecule has 0 bridgehead atoms. The summed E-state index contributed by atoms with van der Waals surface area (Å²) in [7, 11) is 0. The van der Waals surface area contributed by atoms with Crippen LogP contribution in [0.4, 0.5) is 0 Å². The Hall–Kier alpha value is -0.260. The molecule has 1 spiro atoms. The van der Waals surface area contributed by atoms with Crippen molar-refractivity contribution in [3.8, 4) is 0 Å². The molecular weight excluding hydrogens is 204 g/mol. The van der Waals surface area contributed by atoms with Crippen LogP contribution < -0.4 is 0 Å². The van der Waals surface area contributed by atoms with Gasteiger partial charge in [-0.3, -0.25) is 0 Å². The molecule has 3 aliphatic carbocycles. The summed E-state index contributed by atoms with van der Waals surface area (Å²) in [6.45, 7) is 9.87. The van der Waals surface area contributed by atoms with Gasteiger partial charge in [-0.25, -0.2) is 0 Å². The monoisotopic (exact) mass is 232 g/mol. The fourth-order valence-corrected chi connectivity index (χ4v) is 5.48. The van der Waals surface area contributed by atoms with Crippen LogP contribution in [0.1, 0.15) is 59.8 Å². The van der Waals surface area contributed by atoms with E-state index in [9.17, 15) is 0 Å². The number of hydrogen-bond donors (Lipinski definition) is 0. The van der Waals surface area contributed by atoms with Crippen LogP contribution in [0.2, 0.25) is 0 Å². The largest absolute Gasteiger partial charge is 0.0817 e. The van der Waals surface area contributed by atoms with Gasteiger partial charge in [-0.2, -0.15) is 0 Å². The maximum Gasteiger partial charge on any atom is -0.0171 e. The Morgan fingerprint density at radius 2 is 2.00 bits per heavy atom. The van der Waals surface area contributed by atoms with Gasteiger partial charge in [0.2, 0.25) is 0 Å². The average molecular weight is 232 g/mol. The van der Waals surface area contributed by atoms with E-state index in [2.05, 4.69) is 33.8 Å². The molecule has 17 heavy (non-hydrogen) atoms. The van der Waals surface area contributed by atoms with Crippen LogP contribution in [0.5, 0.6) is 0 Å². The summed E-state index contributed by atoms with van der Waals surface area (Å²) < 4.78 is 0. The van der Waals surface area contributed by atoms with Crippen LogP contribution in [0.25, 0.3) is 0 Å². The van der Waals surface area contributed by atoms with E-state index in [0.717, 1.165) is 35.0 Å². The third-order valence-electron chi connectivity index (χ3n) is 6.82. The summed E-state index contributed by atoms with van der Waals surface area (Å²) in [5, 5.41) is 0. The van der Waals surface area contributed by atoms with Crippen LogP contribution >= 0.6 is 0 Å². The number of allylic oxidation sites excluding steroid dienone is 2. The lowest BCUT2D eigenvalue weighted by molar-refractivity contribution is 0.144. The molecule has 6 atom stereocenters. The highest BCUT2D eigenvalue weighted by Gasteiger charge is 2.55. The third kappa shape index (κ3) is 1.55. The van der Waals surface area contributed by atoms with E-state index >= 15 is 0 Å². The highest BCUT2D eigenvalue weighted by Crippen LogP contribution is 2.63. The first kappa shape index (κ1) is 11.8. The van der Waals surface area contributed by atoms with Gasteiger partial charge in [0, 0.05) is 0 Å². The molecule has 96 valence electrons. The van der Waals surface area contributed by atoms with Crippen molar-refractivity contribution in [1.29, 1.82) is 0 Å². The van der Waals surface area contributed by atoms with Gasteiger partial charge in [0.05, 0.1) is 0 Å². The van der Waals surface area contributed by atoms with E-state index in [4.69, 9.17) is 0 Å². The average Bonchev–Trinajstić information content (AvgIpc) is 2.76. The second-order valence-electron chi connectivity index (χ2n) is 7.40. The molecule has 6 unspecified atom stereocenters. The zero-order chi connectivity index (χ0) is 12.2. The third-order valence-corrected chi connectivity index (χ3v) is 6.82. The summed E-state index contributed by atoms with van der Waals surface area (Å²) in [5.74, 6) is 4.67. The fraction of sp³-hybridized carbons (Fsp3) is 0.882. The van der Waals surface area contributed by atoms with E-state index in [1.165, 1.54) is 32.1 Å². The summed E-state index contributed by atoms with van der Waals surface area (Å²) >= 11 is 0. The van der Waals surface area contributed by atoms with Gasteiger partial charge in [-0.1, -0.05) is 45.3 Å². The van der Waals surface area contributed by atoms with Crippen molar-refractivity contribution >= 4 is 0 Å². The minimum Gasteiger partial charge on any atom is -0.0817 e. The first-order chi connectivity index (χ1) is 8.04. The zero-order valence-corrected chi connectivity index (χ0v) is 12.0. The Labute approximate surface area is 107 Å². The van der Waals surface area contributed by atoms with Gasteiger partial charge in [-0.05, 0) is 61.2 Å². The second-order valence-corrected chi connectivity index (χ2v) is 7.40. The maximum atomic E-state index is 2.66. The number of fused-ring (bicyclic) bond motifs is 1. The zero-order valence-electron chi connectivity index (χ0n) is 12.0. The first-order valence-electron chi connectivity index (χ1n) is 7.73. The van der Waals surface area contributed by atoms with Crippen LogP contribution in [-0.2, 0) is 0 Å². The fourth-order valence-electron chi connectivity index (χ4n) is 5.48. The lowest BCUT2D eigenvalue weighted by atomic mass is 9.69. The molecule has 0 heteroatoms. The Morgan fingerprint density at radius 3 is 2.65 bits per heavy atom. The Balaban J connectivity index is 1.91. The molecule has 2 fully saturated rings. The van der Waals surface area contributed by atoms with Crippen LogP contribution in [0.3, 0.4) is 0 Å². The lowest BCUT2D eigenvalue weighted by Gasteiger charge is -2.35. The molecule has 3 aliphatic rings. The van der Waals surface area contributed by atoms with E-state index in [1.807, 2.05) is 0 Å². The Bertz CT molecular complexity index is 340. The molecule has 0 aromatic carbocycles. The molecule has 0 radical (unpaired) electrons. The topological polar surface area (TPSA) is 0 Å². The highest BCUT2D eigenvalue weighted by atomic mass is 14.6. The SMILES string of the molecule is CC1=CC2C(CC1C)CC1(CCCC1C)C2C. The molecular formula is C17H28. The quantitative estimate of drug-likeness (QED) is 0.513. The summed E-state index contributed by atoms with van der Waals surface area (Å²) in [6.07, 6.45) is 10.2. The molecule has 0 aliphatic heterocycles. The minimum atomic E-state index is 0.718. The molecule has 0 heterocycles. The van der Waals surface area contributed by atoms with Crippen molar-refractivity contribution in [1.82, 2.24) is 0 Å². The van der Waals surface area contributed by atoms with Crippen molar-refractivity contribution in [2.24, 2.45) is 35.0 Å². The molecule has 2 saturated carbocycles. The Morgan fingerprint density at radius 1 is 1.24 bits per heavy atom. The van der Waals surface area contributed by atoms with E-state index in [1.54, 1.807) is 5.57 Å². The van der Waals surface area contributed by atoms with E-state index in [-0.39, 0.29) is 0 Å². The van der Waals surface area contributed by atoms with E-state index < -0.39 is 0 Å². The van der Waals surface area contributed by atoms with Gasteiger partial charge in [0.25, 0.3) is 0 Å². The summed E-state index contributed by atoms with van der Waals surface area (Å²) in [4.78, 5) is 0. The lowest BCUT2D eigenvalue weighted by Crippen LogP contribution is -2.28. The maximum absolute atomic E-state index is 2.66. The van der Waals surface area contributed by atoms with E-state index in [0.29, 0.717) is 0 Å².